The fourth-order valence-electron chi connectivity index (χ4n) is 4.58. The number of hydrogen-bond acceptors (Lipinski definition) is 6. The van der Waals surface area contributed by atoms with Gasteiger partial charge in [0.2, 0.25) is 0 Å². The summed E-state index contributed by atoms with van der Waals surface area (Å²) in [7, 11) is 1.68. The molecule has 1 aliphatic carbocycles. The molecule has 1 N–H and O–H groups in total. The first-order valence-electron chi connectivity index (χ1n) is 10.7. The maximum atomic E-state index is 10.3. The van der Waals surface area contributed by atoms with Gasteiger partial charge in [-0.15, -0.1) is 0 Å². The average Bonchev–Trinajstić information content (AvgIpc) is 3.49. The van der Waals surface area contributed by atoms with Crippen LogP contribution in [0.1, 0.15) is 37.7 Å². The number of aliphatic hydroxyl groups is 1. The van der Waals surface area contributed by atoms with Gasteiger partial charge >= 0.3 is 0 Å². The van der Waals surface area contributed by atoms with Crippen LogP contribution in [0, 0.1) is 0 Å². The number of aliphatic hydroxyl groups excluding tert-OH is 1. The molecule has 3 fully saturated rings. The smallest absolute Gasteiger partial charge is 0.161 e. The van der Waals surface area contributed by atoms with Crippen molar-refractivity contribution in [2.45, 2.75) is 50.3 Å². The molecule has 6 heteroatoms. The fourth-order valence-corrected chi connectivity index (χ4v) is 4.58. The van der Waals surface area contributed by atoms with Crippen molar-refractivity contribution in [1.29, 1.82) is 0 Å². The van der Waals surface area contributed by atoms with Crippen molar-refractivity contribution in [3.8, 4) is 11.5 Å². The molecular formula is C22H34N2O4. The molecule has 0 radical (unpaired) electrons. The third kappa shape index (κ3) is 4.79. The van der Waals surface area contributed by atoms with E-state index in [2.05, 4.69) is 21.9 Å². The fraction of sp³-hybridized carbons (Fsp3) is 0.727. The highest BCUT2D eigenvalue weighted by Crippen LogP contribution is 2.49. The number of methoxy groups -OCH3 is 1. The zero-order chi connectivity index (χ0) is 19.4. The molecular weight excluding hydrogens is 356 g/mol. The van der Waals surface area contributed by atoms with Crippen LogP contribution >= 0.6 is 0 Å². The summed E-state index contributed by atoms with van der Waals surface area (Å²) in [5, 5.41) is 10.3. The molecule has 0 amide bonds. The van der Waals surface area contributed by atoms with Crippen molar-refractivity contribution >= 4 is 0 Å². The molecule has 1 atom stereocenters. The third-order valence-electron chi connectivity index (χ3n) is 6.42. The van der Waals surface area contributed by atoms with Crippen LogP contribution in [0.15, 0.2) is 18.2 Å². The van der Waals surface area contributed by atoms with E-state index in [1.165, 1.54) is 44.2 Å². The monoisotopic (exact) mass is 390 g/mol. The van der Waals surface area contributed by atoms with Crippen molar-refractivity contribution < 1.29 is 19.3 Å². The van der Waals surface area contributed by atoms with Crippen molar-refractivity contribution in [2.24, 2.45) is 0 Å². The molecule has 2 saturated heterocycles. The van der Waals surface area contributed by atoms with Crippen molar-refractivity contribution in [2.75, 3.05) is 53.1 Å². The van der Waals surface area contributed by atoms with Gasteiger partial charge in [-0.3, -0.25) is 9.80 Å². The molecule has 0 unspecified atom stereocenters. The summed E-state index contributed by atoms with van der Waals surface area (Å²) in [4.78, 5) is 4.88. The number of rotatable bonds is 8. The zero-order valence-electron chi connectivity index (χ0n) is 17.1. The first-order chi connectivity index (χ1) is 13.7. The molecule has 28 heavy (non-hydrogen) atoms. The number of β-amino-alcohol motifs (C(OH)–C–C–N with tert-alkyl or cyclic N) is 1. The van der Waals surface area contributed by atoms with Gasteiger partial charge in [0, 0.05) is 31.7 Å². The second kappa shape index (κ2) is 8.99. The summed E-state index contributed by atoms with van der Waals surface area (Å²) in [6, 6.07) is 6.21. The van der Waals surface area contributed by atoms with E-state index < -0.39 is 6.10 Å². The first kappa shape index (κ1) is 20.0. The normalized spacial score (nSPS) is 23.5. The van der Waals surface area contributed by atoms with E-state index >= 15 is 0 Å². The molecule has 0 aromatic heterocycles. The standard InChI is InChI=1S/C22H34N2O4/c1-26-21-14-18(15-24-9-3-2-6-22(24)7-8-22)4-5-20(21)28-17-19(25)16-23-10-12-27-13-11-23/h4-5,14,19,25H,2-3,6-13,15-17H2,1H3/t19-/m1/s1. The van der Waals surface area contributed by atoms with E-state index in [0.29, 0.717) is 17.8 Å². The van der Waals surface area contributed by atoms with Crippen molar-refractivity contribution in [3.63, 3.8) is 0 Å². The number of ether oxygens (including phenoxy) is 3. The molecule has 1 spiro atoms. The van der Waals surface area contributed by atoms with Gasteiger partial charge in [-0.05, 0) is 49.9 Å². The molecule has 2 heterocycles. The van der Waals surface area contributed by atoms with E-state index in [9.17, 15) is 5.11 Å². The lowest BCUT2D eigenvalue weighted by molar-refractivity contribution is 0.00445. The Morgan fingerprint density at radius 2 is 1.93 bits per heavy atom. The Morgan fingerprint density at radius 1 is 1.11 bits per heavy atom. The number of likely N-dealkylation sites (tertiary alicyclic amines) is 1. The van der Waals surface area contributed by atoms with E-state index in [0.717, 1.165) is 38.6 Å². The highest BCUT2D eigenvalue weighted by Gasteiger charge is 2.48. The molecule has 1 aromatic rings. The van der Waals surface area contributed by atoms with E-state index in [1.807, 2.05) is 6.07 Å². The maximum Gasteiger partial charge on any atom is 0.161 e. The summed E-state index contributed by atoms with van der Waals surface area (Å²) in [6.45, 7) is 6.27. The molecule has 3 aliphatic rings. The van der Waals surface area contributed by atoms with Gasteiger partial charge in [-0.1, -0.05) is 12.5 Å². The minimum Gasteiger partial charge on any atom is -0.493 e. The van der Waals surface area contributed by atoms with Gasteiger partial charge in [0.15, 0.2) is 11.5 Å². The minimum atomic E-state index is -0.523. The number of piperidine rings is 1. The topological polar surface area (TPSA) is 54.4 Å². The lowest BCUT2D eigenvalue weighted by Crippen LogP contribution is -2.42. The number of hydrogen-bond donors (Lipinski definition) is 1. The third-order valence-corrected chi connectivity index (χ3v) is 6.42. The highest BCUT2D eigenvalue weighted by molar-refractivity contribution is 5.43. The van der Waals surface area contributed by atoms with Crippen LogP contribution in [-0.2, 0) is 11.3 Å². The van der Waals surface area contributed by atoms with Crippen LogP contribution < -0.4 is 9.47 Å². The quantitative estimate of drug-likeness (QED) is 0.735. The van der Waals surface area contributed by atoms with E-state index in [-0.39, 0.29) is 6.61 Å². The summed E-state index contributed by atoms with van der Waals surface area (Å²) in [5.74, 6) is 1.45. The second-order valence-electron chi connectivity index (χ2n) is 8.47. The summed E-state index contributed by atoms with van der Waals surface area (Å²) in [6.07, 6.45) is 6.22. The van der Waals surface area contributed by atoms with E-state index in [1.54, 1.807) is 7.11 Å². The van der Waals surface area contributed by atoms with Gasteiger partial charge in [0.05, 0.1) is 20.3 Å². The minimum absolute atomic E-state index is 0.266. The lowest BCUT2D eigenvalue weighted by atomic mass is 9.99. The molecule has 0 bridgehead atoms. The largest absolute Gasteiger partial charge is 0.493 e. The van der Waals surface area contributed by atoms with Crippen LogP contribution in [0.5, 0.6) is 11.5 Å². The van der Waals surface area contributed by atoms with Gasteiger partial charge < -0.3 is 19.3 Å². The van der Waals surface area contributed by atoms with Crippen molar-refractivity contribution in [1.82, 2.24) is 9.80 Å². The van der Waals surface area contributed by atoms with Crippen LogP contribution in [0.4, 0.5) is 0 Å². The average molecular weight is 391 g/mol. The van der Waals surface area contributed by atoms with Crippen LogP contribution in [0.2, 0.25) is 0 Å². The zero-order valence-corrected chi connectivity index (χ0v) is 17.1. The molecule has 156 valence electrons. The van der Waals surface area contributed by atoms with Crippen LogP contribution in [0.3, 0.4) is 0 Å². The summed E-state index contributed by atoms with van der Waals surface area (Å²) in [5.41, 5.74) is 1.76. The molecule has 2 aliphatic heterocycles. The highest BCUT2D eigenvalue weighted by atomic mass is 16.5. The van der Waals surface area contributed by atoms with Gasteiger partial charge in [-0.25, -0.2) is 0 Å². The second-order valence-corrected chi connectivity index (χ2v) is 8.47. The van der Waals surface area contributed by atoms with Gasteiger partial charge in [-0.2, -0.15) is 0 Å². The van der Waals surface area contributed by atoms with Crippen LogP contribution in [0.25, 0.3) is 0 Å². The van der Waals surface area contributed by atoms with Crippen LogP contribution in [-0.4, -0.2) is 79.7 Å². The predicted molar refractivity (Wildman–Crippen MR) is 108 cm³/mol. The summed E-state index contributed by atoms with van der Waals surface area (Å²) < 4.78 is 16.8. The number of benzene rings is 1. The van der Waals surface area contributed by atoms with Gasteiger partial charge in [0.25, 0.3) is 0 Å². The number of morpholine rings is 1. The van der Waals surface area contributed by atoms with Crippen molar-refractivity contribution in [3.05, 3.63) is 23.8 Å². The Hall–Kier alpha value is -1.34. The van der Waals surface area contributed by atoms with E-state index in [4.69, 9.17) is 14.2 Å². The molecule has 1 aromatic carbocycles. The molecule has 4 rings (SSSR count). The Bertz CT molecular complexity index is 643. The summed E-state index contributed by atoms with van der Waals surface area (Å²) >= 11 is 0. The van der Waals surface area contributed by atoms with Gasteiger partial charge in [0.1, 0.15) is 12.7 Å². The Labute approximate surface area is 168 Å². The lowest BCUT2D eigenvalue weighted by Gasteiger charge is -2.36. The molecule has 6 nitrogen and oxygen atoms in total. The number of nitrogens with zero attached hydrogens (tertiary/aromatic N) is 2. The Kier molecular flexibility index (Phi) is 6.41. The SMILES string of the molecule is COc1cc(CN2CCCCC23CC3)ccc1OC[C@H](O)CN1CCOCC1. The maximum absolute atomic E-state index is 10.3. The molecule has 1 saturated carbocycles. The first-order valence-corrected chi connectivity index (χ1v) is 10.7. The Balaban J connectivity index is 1.31. The predicted octanol–water partition coefficient (Wildman–Crippen LogP) is 2.29. The Morgan fingerprint density at radius 3 is 2.68 bits per heavy atom.